The summed E-state index contributed by atoms with van der Waals surface area (Å²) >= 11 is 8.13. The van der Waals surface area contributed by atoms with Gasteiger partial charge in [-0.1, -0.05) is 32.4 Å². The maximum Gasteiger partial charge on any atom is 0.106 e. The molecule has 1 aliphatic carbocycles. The van der Waals surface area contributed by atoms with Gasteiger partial charge in [-0.25, -0.2) is 4.98 Å². The third kappa shape index (κ3) is 5.01. The van der Waals surface area contributed by atoms with Crippen LogP contribution in [0.15, 0.2) is 35.7 Å². The molecule has 4 N–H and O–H groups in total. The van der Waals surface area contributed by atoms with Gasteiger partial charge < -0.3 is 16.1 Å². The number of fused-ring (bicyclic) bond motifs is 1. The van der Waals surface area contributed by atoms with Gasteiger partial charge in [0.1, 0.15) is 12.1 Å². The van der Waals surface area contributed by atoms with Gasteiger partial charge >= 0.3 is 0 Å². The second kappa shape index (κ2) is 9.19. The second-order valence-electron chi connectivity index (χ2n) is 10.1. The molecule has 1 saturated carbocycles. The van der Waals surface area contributed by atoms with Crippen LogP contribution in [0.2, 0.25) is 5.02 Å². The third-order valence-electron chi connectivity index (χ3n) is 5.88. The van der Waals surface area contributed by atoms with Crippen molar-refractivity contribution >= 4 is 45.2 Å². The Hall–Kier alpha value is -3.06. The standard InChI is InChI=1S/C25H29ClN8S/c1-14-24(35-13-30-14)23(20-11-34(33-32-20)17-5-6-17)31-16-7-18-21(29-12-25(2,3)4)15(9-27)10-28-22(18)19(26)8-16/h7-8,10-11,13,17,23,31-33H,5-6,12H2,1-4H3,(H,28,29)/i23D. The molecule has 182 valence electrons. The van der Waals surface area contributed by atoms with Gasteiger partial charge in [-0.15, -0.1) is 16.9 Å². The number of hydrogen-bond acceptors (Lipinski definition) is 9. The average molecular weight is 510 g/mol. The number of nitrogens with zero attached hydrogens (tertiary/aromatic N) is 4. The van der Waals surface area contributed by atoms with Crippen LogP contribution in [-0.2, 0) is 0 Å². The van der Waals surface area contributed by atoms with Gasteiger partial charge in [-0.3, -0.25) is 9.99 Å². The van der Waals surface area contributed by atoms with Gasteiger partial charge in [0, 0.05) is 36.1 Å². The number of halogens is 1. The van der Waals surface area contributed by atoms with Crippen LogP contribution >= 0.6 is 22.9 Å². The molecule has 0 spiro atoms. The lowest BCUT2D eigenvalue weighted by Gasteiger charge is -2.23. The Morgan fingerprint density at radius 2 is 2.17 bits per heavy atom. The Labute approximate surface area is 215 Å². The monoisotopic (exact) mass is 509 g/mol. The molecule has 3 heterocycles. The molecule has 8 nitrogen and oxygen atoms in total. The number of rotatable bonds is 7. The number of nitrogens with one attached hydrogen (secondary N) is 4. The molecule has 2 aliphatic rings. The predicted octanol–water partition coefficient (Wildman–Crippen LogP) is 5.46. The van der Waals surface area contributed by atoms with Crippen LogP contribution in [-0.4, -0.2) is 27.6 Å². The topological polar surface area (TPSA) is 101 Å². The molecule has 1 atom stereocenters. The third-order valence-corrected chi connectivity index (χ3v) is 7.11. The summed E-state index contributed by atoms with van der Waals surface area (Å²) < 4.78 is 9.61. The summed E-state index contributed by atoms with van der Waals surface area (Å²) in [5.41, 5.74) is 11.9. The fourth-order valence-electron chi connectivity index (χ4n) is 3.90. The number of hydrogen-bond donors (Lipinski definition) is 4. The number of anilines is 2. The molecule has 0 radical (unpaired) electrons. The van der Waals surface area contributed by atoms with Crippen molar-refractivity contribution in [3.63, 3.8) is 0 Å². The molecular weight excluding hydrogens is 480 g/mol. The molecule has 0 amide bonds. The molecule has 1 unspecified atom stereocenters. The summed E-state index contributed by atoms with van der Waals surface area (Å²) in [6.07, 6.45) is 5.74. The lowest BCUT2D eigenvalue weighted by atomic mass is 9.96. The van der Waals surface area contributed by atoms with E-state index in [1.165, 1.54) is 11.3 Å². The first kappa shape index (κ1) is 22.4. The first-order valence-electron chi connectivity index (χ1n) is 12.1. The van der Waals surface area contributed by atoms with Crippen LogP contribution in [0.4, 0.5) is 11.4 Å². The summed E-state index contributed by atoms with van der Waals surface area (Å²) in [6, 6.07) is 5.01. The van der Waals surface area contributed by atoms with Crippen molar-refractivity contribution in [2.24, 2.45) is 5.41 Å². The Bertz CT molecular complexity index is 1390. The molecule has 35 heavy (non-hydrogen) atoms. The SMILES string of the molecule is [2H]C(Nc1cc(Cl)c2ncc(C#N)c(NCC(C)(C)C)c2c1)(C1=CN(C2CC2)NN1)c1scnc1C. The number of benzene rings is 1. The number of aromatic nitrogens is 2. The molecule has 3 aromatic rings. The van der Waals surface area contributed by atoms with E-state index in [1.807, 2.05) is 24.2 Å². The number of pyridine rings is 1. The highest BCUT2D eigenvalue weighted by Crippen LogP contribution is 2.38. The van der Waals surface area contributed by atoms with E-state index in [0.29, 0.717) is 45.8 Å². The van der Waals surface area contributed by atoms with E-state index in [4.69, 9.17) is 11.6 Å². The normalized spacial score (nSPS) is 17.9. The van der Waals surface area contributed by atoms with Gasteiger partial charge in [0.05, 0.1) is 44.9 Å². The van der Waals surface area contributed by atoms with Crippen molar-refractivity contribution in [2.45, 2.75) is 52.6 Å². The molecule has 0 bridgehead atoms. The first-order valence-corrected chi connectivity index (χ1v) is 12.8. The quantitative estimate of drug-likeness (QED) is 0.333. The van der Waals surface area contributed by atoms with E-state index in [9.17, 15) is 6.63 Å². The van der Waals surface area contributed by atoms with Crippen LogP contribution in [0.25, 0.3) is 10.9 Å². The zero-order valence-electron chi connectivity index (χ0n) is 21.2. The minimum absolute atomic E-state index is 0.00303. The summed E-state index contributed by atoms with van der Waals surface area (Å²) in [5, 5.41) is 19.8. The van der Waals surface area contributed by atoms with Crippen molar-refractivity contribution in [1.29, 1.82) is 5.26 Å². The minimum Gasteiger partial charge on any atom is -0.383 e. The molecule has 1 fully saturated rings. The molecule has 0 saturated heterocycles. The van der Waals surface area contributed by atoms with Gasteiger partial charge in [0.25, 0.3) is 0 Å². The molecule has 1 aromatic carbocycles. The predicted molar refractivity (Wildman–Crippen MR) is 142 cm³/mol. The largest absolute Gasteiger partial charge is 0.383 e. The smallest absolute Gasteiger partial charge is 0.106 e. The van der Waals surface area contributed by atoms with Crippen molar-refractivity contribution in [3.8, 4) is 6.07 Å². The van der Waals surface area contributed by atoms with Crippen LogP contribution < -0.4 is 21.6 Å². The van der Waals surface area contributed by atoms with Crippen molar-refractivity contribution < 1.29 is 1.37 Å². The Kier molecular flexibility index (Phi) is 5.88. The number of thiazole rings is 1. The number of hydrazine groups is 2. The van der Waals surface area contributed by atoms with Crippen molar-refractivity contribution in [1.82, 2.24) is 25.9 Å². The first-order chi connectivity index (χ1) is 17.1. The maximum absolute atomic E-state index is 9.76. The summed E-state index contributed by atoms with van der Waals surface area (Å²) in [5.74, 6) is 0. The minimum atomic E-state index is -1.35. The van der Waals surface area contributed by atoms with Crippen molar-refractivity contribution in [2.75, 3.05) is 17.2 Å². The average Bonchev–Trinajstić information content (AvgIpc) is 3.37. The molecular formula is C25H29ClN8S. The molecule has 10 heteroatoms. The van der Waals surface area contributed by atoms with Crippen molar-refractivity contribution in [3.05, 3.63) is 56.9 Å². The van der Waals surface area contributed by atoms with Crippen LogP contribution in [0.3, 0.4) is 0 Å². The Morgan fingerprint density at radius 3 is 2.83 bits per heavy atom. The van der Waals surface area contributed by atoms with Gasteiger partial charge in [0.2, 0.25) is 0 Å². The molecule has 1 aliphatic heterocycles. The lowest BCUT2D eigenvalue weighted by molar-refractivity contribution is 0.260. The van der Waals surface area contributed by atoms with E-state index in [2.05, 4.69) is 58.4 Å². The summed E-state index contributed by atoms with van der Waals surface area (Å²) in [6.45, 7) is 8.95. The van der Waals surface area contributed by atoms with Crippen LogP contribution in [0, 0.1) is 23.7 Å². The van der Waals surface area contributed by atoms with Gasteiger partial charge in [0.15, 0.2) is 0 Å². The highest BCUT2D eigenvalue weighted by Gasteiger charge is 2.33. The number of aryl methyl sites for hydroxylation is 1. The summed E-state index contributed by atoms with van der Waals surface area (Å²) in [7, 11) is 0. The van der Waals surface area contributed by atoms with E-state index >= 15 is 0 Å². The van der Waals surface area contributed by atoms with Crippen LogP contribution in [0.1, 0.15) is 57.1 Å². The van der Waals surface area contributed by atoms with Crippen LogP contribution in [0.5, 0.6) is 0 Å². The lowest BCUT2D eigenvalue weighted by Crippen LogP contribution is -2.38. The Balaban J connectivity index is 1.60. The zero-order valence-corrected chi connectivity index (χ0v) is 21.7. The van der Waals surface area contributed by atoms with E-state index < -0.39 is 6.02 Å². The fraction of sp³-hybridized carbons (Fsp3) is 0.400. The van der Waals surface area contributed by atoms with Gasteiger partial charge in [-0.2, -0.15) is 5.26 Å². The Morgan fingerprint density at radius 1 is 1.37 bits per heavy atom. The molecule has 5 rings (SSSR count). The fourth-order valence-corrected chi connectivity index (χ4v) is 4.98. The number of nitriles is 1. The zero-order chi connectivity index (χ0) is 25.7. The van der Waals surface area contributed by atoms with Gasteiger partial charge in [-0.05, 0) is 37.3 Å². The highest BCUT2D eigenvalue weighted by atomic mass is 35.5. The van der Waals surface area contributed by atoms with E-state index in [1.54, 1.807) is 17.8 Å². The molecule has 2 aromatic heterocycles. The van der Waals surface area contributed by atoms with E-state index in [0.717, 1.165) is 28.8 Å². The summed E-state index contributed by atoms with van der Waals surface area (Å²) in [4.78, 5) is 9.63. The second-order valence-corrected chi connectivity index (χ2v) is 11.4. The highest BCUT2D eigenvalue weighted by molar-refractivity contribution is 7.09. The maximum atomic E-state index is 9.76. The van der Waals surface area contributed by atoms with E-state index in [-0.39, 0.29) is 5.41 Å².